The van der Waals surface area contributed by atoms with Crippen LogP contribution >= 0.6 is 0 Å². The molecule has 3 rings (SSSR count). The first kappa shape index (κ1) is 9.55. The maximum absolute atomic E-state index is 10.9. The van der Waals surface area contributed by atoms with Crippen LogP contribution in [0, 0.1) is 0 Å². The molecule has 16 heavy (non-hydrogen) atoms. The lowest BCUT2D eigenvalue weighted by Crippen LogP contribution is -2.07. The zero-order chi connectivity index (χ0) is 11.2. The van der Waals surface area contributed by atoms with Crippen LogP contribution in [-0.2, 0) is 9.53 Å². The predicted octanol–water partition coefficient (Wildman–Crippen LogP) is 2.87. The van der Waals surface area contributed by atoms with Crippen molar-refractivity contribution in [2.75, 3.05) is 0 Å². The number of carbonyl (C=O) groups excluding carboxylic acids is 1. The third kappa shape index (κ3) is 1.27. The molecule has 0 unspecified atom stereocenters. The van der Waals surface area contributed by atoms with E-state index in [0.717, 1.165) is 11.8 Å². The van der Waals surface area contributed by atoms with Gasteiger partial charge in [0.1, 0.15) is 6.10 Å². The molecular formula is C14H12O2. The van der Waals surface area contributed by atoms with Gasteiger partial charge in [-0.15, -0.1) is 0 Å². The van der Waals surface area contributed by atoms with Crippen molar-refractivity contribution in [1.29, 1.82) is 0 Å². The Labute approximate surface area is 93.8 Å². The van der Waals surface area contributed by atoms with Gasteiger partial charge in [0.2, 0.25) is 0 Å². The number of epoxide rings is 1. The fraction of sp³-hybridized carbons (Fsp3) is 0.214. The van der Waals surface area contributed by atoms with Crippen molar-refractivity contribution in [2.45, 2.75) is 18.6 Å². The van der Waals surface area contributed by atoms with Gasteiger partial charge in [0.05, 0.1) is 0 Å². The largest absolute Gasteiger partial charge is 0.353 e. The Hall–Kier alpha value is -1.67. The van der Waals surface area contributed by atoms with E-state index in [1.807, 2.05) is 31.2 Å². The topological polar surface area (TPSA) is 29.6 Å². The molecule has 1 heterocycles. The van der Waals surface area contributed by atoms with Gasteiger partial charge in [0, 0.05) is 0 Å². The van der Waals surface area contributed by atoms with Gasteiger partial charge in [-0.2, -0.15) is 0 Å². The highest BCUT2D eigenvalue weighted by molar-refractivity contribution is 5.87. The fourth-order valence-corrected chi connectivity index (χ4v) is 2.16. The van der Waals surface area contributed by atoms with Crippen LogP contribution < -0.4 is 0 Å². The van der Waals surface area contributed by atoms with Gasteiger partial charge in [-0.25, -0.2) is 0 Å². The summed E-state index contributed by atoms with van der Waals surface area (Å²) in [5, 5.41) is 2.35. The molecule has 2 nitrogen and oxygen atoms in total. The zero-order valence-electron chi connectivity index (χ0n) is 9.01. The third-order valence-electron chi connectivity index (χ3n) is 3.17. The molecule has 0 aromatic heterocycles. The summed E-state index contributed by atoms with van der Waals surface area (Å²) in [7, 11) is 0. The lowest BCUT2D eigenvalue weighted by Gasteiger charge is -2.03. The van der Waals surface area contributed by atoms with Crippen LogP contribution in [-0.4, -0.2) is 11.9 Å². The van der Waals surface area contributed by atoms with Crippen molar-refractivity contribution in [3.05, 3.63) is 48.0 Å². The molecule has 2 aromatic carbocycles. The molecule has 2 atom stereocenters. The van der Waals surface area contributed by atoms with Crippen LogP contribution in [0.3, 0.4) is 0 Å². The van der Waals surface area contributed by atoms with Crippen molar-refractivity contribution in [1.82, 2.24) is 0 Å². The Morgan fingerprint density at radius 2 is 1.94 bits per heavy atom. The van der Waals surface area contributed by atoms with E-state index in [4.69, 9.17) is 4.74 Å². The molecule has 1 aliphatic heterocycles. The highest BCUT2D eigenvalue weighted by Gasteiger charge is 2.53. The second-order valence-corrected chi connectivity index (χ2v) is 4.37. The van der Waals surface area contributed by atoms with E-state index in [2.05, 4.69) is 18.2 Å². The molecule has 0 aliphatic carbocycles. The van der Waals surface area contributed by atoms with Crippen LogP contribution in [0.15, 0.2) is 42.5 Å². The van der Waals surface area contributed by atoms with Gasteiger partial charge in [-0.05, 0) is 23.3 Å². The number of carbonyl (C=O) groups is 1. The smallest absolute Gasteiger partial charge is 0.154 e. The van der Waals surface area contributed by atoms with E-state index < -0.39 is 5.60 Å². The van der Waals surface area contributed by atoms with Gasteiger partial charge in [-0.1, -0.05) is 42.5 Å². The molecule has 0 radical (unpaired) electrons. The van der Waals surface area contributed by atoms with E-state index in [1.54, 1.807) is 0 Å². The average molecular weight is 212 g/mol. The summed E-state index contributed by atoms with van der Waals surface area (Å²) in [6, 6.07) is 14.3. The van der Waals surface area contributed by atoms with E-state index >= 15 is 0 Å². The van der Waals surface area contributed by atoms with Gasteiger partial charge >= 0.3 is 0 Å². The minimum absolute atomic E-state index is 0.0869. The molecule has 1 aliphatic rings. The van der Waals surface area contributed by atoms with Crippen LogP contribution in [0.25, 0.3) is 10.8 Å². The molecular weight excluding hydrogens is 200 g/mol. The molecule has 0 N–H and O–H groups in total. The van der Waals surface area contributed by atoms with Crippen molar-refractivity contribution < 1.29 is 9.53 Å². The monoisotopic (exact) mass is 212 g/mol. The highest BCUT2D eigenvalue weighted by atomic mass is 16.6. The van der Waals surface area contributed by atoms with Crippen molar-refractivity contribution in [3.63, 3.8) is 0 Å². The molecule has 80 valence electrons. The van der Waals surface area contributed by atoms with Gasteiger partial charge < -0.3 is 9.53 Å². The Kier molecular flexibility index (Phi) is 1.88. The molecule has 0 spiro atoms. The molecule has 1 saturated heterocycles. The zero-order valence-corrected chi connectivity index (χ0v) is 9.01. The second kappa shape index (κ2) is 3.16. The number of rotatable bonds is 2. The fourth-order valence-electron chi connectivity index (χ4n) is 2.16. The normalized spacial score (nSPS) is 27.9. The van der Waals surface area contributed by atoms with E-state index in [1.165, 1.54) is 10.8 Å². The number of aldehydes is 1. The van der Waals surface area contributed by atoms with Crippen LogP contribution in [0.1, 0.15) is 18.6 Å². The maximum Gasteiger partial charge on any atom is 0.154 e. The summed E-state index contributed by atoms with van der Waals surface area (Å²) >= 11 is 0. The SMILES string of the molecule is C[C@]1(C=O)O[C@@H]1c1cccc2ccccc12. The summed E-state index contributed by atoms with van der Waals surface area (Å²) in [5.41, 5.74) is 0.483. The van der Waals surface area contributed by atoms with E-state index in [9.17, 15) is 4.79 Å². The lowest BCUT2D eigenvalue weighted by molar-refractivity contribution is -0.111. The molecule has 0 amide bonds. The third-order valence-corrected chi connectivity index (χ3v) is 3.17. The van der Waals surface area contributed by atoms with Crippen LogP contribution in [0.5, 0.6) is 0 Å². The standard InChI is InChI=1S/C14H12O2/c1-14(9-15)13(16-14)12-8-4-6-10-5-2-3-7-11(10)12/h2-9,13H,1H3/t13-,14-/m1/s1. The Bertz CT molecular complexity index is 556. The number of ether oxygens (including phenoxy) is 1. The van der Waals surface area contributed by atoms with Crippen molar-refractivity contribution in [2.24, 2.45) is 0 Å². The predicted molar refractivity (Wildman–Crippen MR) is 62.2 cm³/mol. The Morgan fingerprint density at radius 3 is 2.69 bits per heavy atom. The van der Waals surface area contributed by atoms with Gasteiger partial charge in [0.25, 0.3) is 0 Å². The molecule has 2 aromatic rings. The summed E-state index contributed by atoms with van der Waals surface area (Å²) in [6.45, 7) is 1.83. The number of benzene rings is 2. The molecule has 1 fully saturated rings. The first-order valence-corrected chi connectivity index (χ1v) is 5.36. The lowest BCUT2D eigenvalue weighted by atomic mass is 9.97. The summed E-state index contributed by atoms with van der Waals surface area (Å²) in [4.78, 5) is 10.9. The molecule has 0 saturated carbocycles. The van der Waals surface area contributed by atoms with E-state index in [0.29, 0.717) is 0 Å². The average Bonchev–Trinajstić information content (AvgIpc) is 3.02. The highest BCUT2D eigenvalue weighted by Crippen LogP contribution is 2.49. The second-order valence-electron chi connectivity index (χ2n) is 4.37. The number of hydrogen-bond donors (Lipinski definition) is 0. The quantitative estimate of drug-likeness (QED) is 0.566. The summed E-state index contributed by atoms with van der Waals surface area (Å²) in [6.07, 6.45) is 0.801. The van der Waals surface area contributed by atoms with Gasteiger partial charge in [-0.3, -0.25) is 0 Å². The van der Waals surface area contributed by atoms with Crippen molar-refractivity contribution in [3.8, 4) is 0 Å². The minimum atomic E-state index is -0.621. The molecule has 0 bridgehead atoms. The number of fused-ring (bicyclic) bond motifs is 1. The summed E-state index contributed by atoms with van der Waals surface area (Å²) in [5.74, 6) is 0. The Morgan fingerprint density at radius 1 is 1.19 bits per heavy atom. The van der Waals surface area contributed by atoms with Gasteiger partial charge in [0.15, 0.2) is 11.9 Å². The Balaban J connectivity index is 2.15. The summed E-state index contributed by atoms with van der Waals surface area (Å²) < 4.78 is 5.48. The van der Waals surface area contributed by atoms with Crippen LogP contribution in [0.4, 0.5) is 0 Å². The number of hydrogen-bond acceptors (Lipinski definition) is 2. The van der Waals surface area contributed by atoms with Crippen molar-refractivity contribution >= 4 is 17.1 Å². The van der Waals surface area contributed by atoms with E-state index in [-0.39, 0.29) is 6.10 Å². The van der Waals surface area contributed by atoms with Crippen LogP contribution in [0.2, 0.25) is 0 Å². The first-order valence-electron chi connectivity index (χ1n) is 5.36. The first-order chi connectivity index (χ1) is 7.74. The minimum Gasteiger partial charge on any atom is -0.353 e. The molecule has 2 heteroatoms. The maximum atomic E-state index is 10.9.